The molecule has 3 aromatic rings. The molecule has 5 heterocycles. The van der Waals surface area contributed by atoms with Gasteiger partial charge in [0.1, 0.15) is 17.5 Å². The van der Waals surface area contributed by atoms with E-state index < -0.39 is 0 Å². The van der Waals surface area contributed by atoms with E-state index in [1.807, 2.05) is 24.7 Å². The predicted octanol–water partition coefficient (Wildman–Crippen LogP) is 4.79. The van der Waals surface area contributed by atoms with E-state index in [-0.39, 0.29) is 5.54 Å². The lowest BCUT2D eigenvalue weighted by molar-refractivity contribution is 0.0259. The molecule has 3 aliphatic heterocycles. The third-order valence-corrected chi connectivity index (χ3v) is 9.98. The predicted molar refractivity (Wildman–Crippen MR) is 145 cm³/mol. The summed E-state index contributed by atoms with van der Waals surface area (Å²) in [4.78, 5) is 20.0. The van der Waals surface area contributed by atoms with Gasteiger partial charge >= 0.3 is 0 Å². The Kier molecular flexibility index (Phi) is 5.77. The maximum Gasteiger partial charge on any atom is 0.175 e. The van der Waals surface area contributed by atoms with Crippen molar-refractivity contribution < 1.29 is 9.47 Å². The van der Waals surface area contributed by atoms with E-state index in [1.54, 1.807) is 22.9 Å². The van der Waals surface area contributed by atoms with Gasteiger partial charge in [0.05, 0.1) is 22.8 Å². The summed E-state index contributed by atoms with van der Waals surface area (Å²) in [6, 6.07) is 11.0. The fourth-order valence-corrected chi connectivity index (χ4v) is 7.42. The number of aromatic nitrogens is 3. The quantitative estimate of drug-likeness (QED) is 0.494. The van der Waals surface area contributed by atoms with Gasteiger partial charge < -0.3 is 19.3 Å². The smallest absolute Gasteiger partial charge is 0.175 e. The minimum Gasteiger partial charge on any atom is -0.486 e. The monoisotopic (exact) mass is 515 g/mol. The molecule has 0 amide bonds. The lowest BCUT2D eigenvalue weighted by Crippen LogP contribution is -2.57. The van der Waals surface area contributed by atoms with Gasteiger partial charge in [-0.2, -0.15) is 0 Å². The molecule has 8 heteroatoms. The van der Waals surface area contributed by atoms with Crippen molar-refractivity contribution in [2.45, 2.75) is 54.0 Å². The van der Waals surface area contributed by atoms with Gasteiger partial charge in [-0.1, -0.05) is 36.0 Å². The second-order valence-corrected chi connectivity index (χ2v) is 12.1. The molecule has 0 bridgehead atoms. The van der Waals surface area contributed by atoms with Gasteiger partial charge in [-0.05, 0) is 61.1 Å². The highest BCUT2D eigenvalue weighted by molar-refractivity contribution is 7.99. The van der Waals surface area contributed by atoms with E-state index in [2.05, 4.69) is 46.1 Å². The van der Waals surface area contributed by atoms with Crippen LogP contribution in [0.1, 0.15) is 36.8 Å². The highest BCUT2D eigenvalue weighted by Crippen LogP contribution is 2.47. The largest absolute Gasteiger partial charge is 0.486 e. The summed E-state index contributed by atoms with van der Waals surface area (Å²) < 4.78 is 11.9. The van der Waals surface area contributed by atoms with Crippen molar-refractivity contribution in [3.63, 3.8) is 0 Å². The number of benzene rings is 1. The first-order valence-corrected chi connectivity index (χ1v) is 14.2. The van der Waals surface area contributed by atoms with Crippen LogP contribution in [0, 0.1) is 5.41 Å². The van der Waals surface area contributed by atoms with Crippen molar-refractivity contribution in [2.75, 3.05) is 49.8 Å². The van der Waals surface area contributed by atoms with E-state index >= 15 is 0 Å². The van der Waals surface area contributed by atoms with Gasteiger partial charge in [-0.15, -0.1) is 0 Å². The van der Waals surface area contributed by atoms with Crippen LogP contribution in [0.2, 0.25) is 0 Å². The Hall–Kier alpha value is -2.84. The second kappa shape index (κ2) is 9.17. The summed E-state index contributed by atoms with van der Waals surface area (Å²) in [7, 11) is 2.13. The van der Waals surface area contributed by atoms with Crippen LogP contribution < -0.4 is 14.5 Å². The Morgan fingerprint density at radius 1 is 0.892 bits per heavy atom. The third-order valence-electron chi connectivity index (χ3n) is 9.01. The standard InChI is InChI=1S/C29H33N5O2S/c1-33-27-26(36-20-29(33)9-14-35-15-10-29)23(6-11-30-27)37-25-19-31-24(18-32-25)34-12-7-28(8-13-34)16-21-4-2-3-5-22(21)17-28/h2-6,11,18-19H,7-10,12-17,20H2,1H3. The number of pyridine rings is 1. The lowest BCUT2D eigenvalue weighted by atomic mass is 9.76. The van der Waals surface area contributed by atoms with Gasteiger partial charge in [-0.3, -0.25) is 0 Å². The average molecular weight is 516 g/mol. The topological polar surface area (TPSA) is 63.6 Å². The SMILES string of the molecule is CN1c2nccc(Sc3cnc(N4CCC5(CC4)Cc4ccccc4C5)cn3)c2OCC12CCOCC2. The van der Waals surface area contributed by atoms with Crippen LogP contribution in [0.5, 0.6) is 5.75 Å². The van der Waals surface area contributed by atoms with Crippen LogP contribution in [0.3, 0.4) is 0 Å². The fourth-order valence-electron chi connectivity index (χ4n) is 6.61. The van der Waals surface area contributed by atoms with Crippen LogP contribution in [-0.4, -0.2) is 60.4 Å². The number of fused-ring (bicyclic) bond motifs is 2. The number of hydrogen-bond acceptors (Lipinski definition) is 8. The first-order valence-electron chi connectivity index (χ1n) is 13.4. The Morgan fingerprint density at radius 3 is 2.35 bits per heavy atom. The van der Waals surface area contributed by atoms with Crippen LogP contribution in [-0.2, 0) is 17.6 Å². The molecule has 2 aromatic heterocycles. The molecule has 0 saturated carbocycles. The molecule has 0 radical (unpaired) electrons. The highest BCUT2D eigenvalue weighted by Gasteiger charge is 2.43. The molecule has 7 rings (SSSR count). The number of hydrogen-bond donors (Lipinski definition) is 0. The van der Waals surface area contributed by atoms with Crippen molar-refractivity contribution in [3.05, 3.63) is 60.0 Å². The van der Waals surface area contributed by atoms with E-state index in [1.165, 1.54) is 25.7 Å². The first kappa shape index (κ1) is 23.3. The van der Waals surface area contributed by atoms with E-state index in [0.29, 0.717) is 12.0 Å². The number of nitrogens with zero attached hydrogens (tertiary/aromatic N) is 5. The van der Waals surface area contributed by atoms with Crippen LogP contribution >= 0.6 is 11.8 Å². The fraction of sp³-hybridized carbons (Fsp3) is 0.483. The summed E-state index contributed by atoms with van der Waals surface area (Å²) in [5.74, 6) is 2.72. The molecular formula is C29H33N5O2S. The summed E-state index contributed by atoms with van der Waals surface area (Å²) in [6.07, 6.45) is 12.5. The van der Waals surface area contributed by atoms with E-state index in [4.69, 9.17) is 19.4 Å². The Balaban J connectivity index is 1.02. The van der Waals surface area contributed by atoms with Crippen LogP contribution in [0.15, 0.2) is 58.8 Å². The molecule has 192 valence electrons. The van der Waals surface area contributed by atoms with Crippen LogP contribution in [0.25, 0.3) is 0 Å². The number of ether oxygens (including phenoxy) is 2. The molecule has 1 aliphatic carbocycles. The number of rotatable bonds is 3. The average Bonchev–Trinajstić information content (AvgIpc) is 3.30. The lowest BCUT2D eigenvalue weighted by Gasteiger charge is -2.48. The zero-order valence-corrected chi connectivity index (χ0v) is 22.2. The van der Waals surface area contributed by atoms with Crippen molar-refractivity contribution in [1.29, 1.82) is 0 Å². The summed E-state index contributed by atoms with van der Waals surface area (Å²) in [5.41, 5.74) is 3.50. The Labute approximate surface area is 222 Å². The molecule has 0 atom stereocenters. The highest BCUT2D eigenvalue weighted by atomic mass is 32.2. The molecular weight excluding hydrogens is 482 g/mol. The molecule has 2 spiro atoms. The maximum atomic E-state index is 6.34. The molecule has 1 aromatic carbocycles. The van der Waals surface area contributed by atoms with E-state index in [0.717, 1.165) is 66.5 Å². The Bertz CT molecular complexity index is 1260. The molecule has 0 N–H and O–H groups in total. The third kappa shape index (κ3) is 4.14. The minimum absolute atomic E-state index is 0.0305. The summed E-state index contributed by atoms with van der Waals surface area (Å²) in [6.45, 7) is 4.28. The van der Waals surface area contributed by atoms with Gasteiger partial charge in [0.2, 0.25) is 0 Å². The van der Waals surface area contributed by atoms with Gasteiger partial charge in [0.15, 0.2) is 11.6 Å². The van der Waals surface area contributed by atoms with Gasteiger partial charge in [-0.25, -0.2) is 15.0 Å². The first-order chi connectivity index (χ1) is 18.1. The molecule has 4 aliphatic rings. The molecule has 37 heavy (non-hydrogen) atoms. The molecule has 2 fully saturated rings. The zero-order chi connectivity index (χ0) is 24.9. The van der Waals surface area contributed by atoms with Gasteiger partial charge in [0.25, 0.3) is 0 Å². The zero-order valence-electron chi connectivity index (χ0n) is 21.4. The normalized spacial score (nSPS) is 21.5. The van der Waals surface area contributed by atoms with Crippen molar-refractivity contribution in [1.82, 2.24) is 15.0 Å². The molecule has 0 unspecified atom stereocenters. The Morgan fingerprint density at radius 2 is 1.65 bits per heavy atom. The van der Waals surface area contributed by atoms with Gasteiger partial charge in [0, 0.05) is 39.5 Å². The number of likely N-dealkylation sites (N-methyl/N-ethyl adjacent to an activating group) is 1. The minimum atomic E-state index is -0.0305. The second-order valence-electron chi connectivity index (χ2n) is 11.1. The summed E-state index contributed by atoms with van der Waals surface area (Å²) >= 11 is 1.59. The summed E-state index contributed by atoms with van der Waals surface area (Å²) in [5, 5.41) is 0.870. The maximum absolute atomic E-state index is 6.34. The van der Waals surface area contributed by atoms with E-state index in [9.17, 15) is 0 Å². The van der Waals surface area contributed by atoms with Crippen molar-refractivity contribution >= 4 is 23.4 Å². The molecule has 2 saturated heterocycles. The van der Waals surface area contributed by atoms with Crippen molar-refractivity contribution in [2.24, 2.45) is 5.41 Å². The van der Waals surface area contributed by atoms with Crippen molar-refractivity contribution in [3.8, 4) is 5.75 Å². The number of piperidine rings is 1. The molecule has 7 nitrogen and oxygen atoms in total. The number of anilines is 2. The van der Waals surface area contributed by atoms with Crippen LogP contribution in [0.4, 0.5) is 11.6 Å².